The van der Waals surface area contributed by atoms with E-state index in [0.29, 0.717) is 29.6 Å². The van der Waals surface area contributed by atoms with Gasteiger partial charge in [0.15, 0.2) is 0 Å². The second kappa shape index (κ2) is 12.3. The van der Waals surface area contributed by atoms with Gasteiger partial charge in [-0.1, -0.05) is 66.7 Å². The zero-order valence-corrected chi connectivity index (χ0v) is 23.1. The lowest BCUT2D eigenvalue weighted by molar-refractivity contribution is 0.0949. The number of para-hydroxylation sites is 1. The molecule has 0 unspecified atom stereocenters. The van der Waals surface area contributed by atoms with Gasteiger partial charge in [-0.05, 0) is 65.8 Å². The summed E-state index contributed by atoms with van der Waals surface area (Å²) in [5.41, 5.74) is 5.23. The van der Waals surface area contributed by atoms with Gasteiger partial charge in [0, 0.05) is 36.7 Å². The van der Waals surface area contributed by atoms with Crippen LogP contribution >= 0.6 is 0 Å². The predicted molar refractivity (Wildman–Crippen MR) is 151 cm³/mol. The SMILES string of the molecule is CC(C)CNC(=O)c1cc(NC(=O)Nc2c(C(C)C)cccc2C(C)C)ccc1N1CCC(C)CC1. The van der Waals surface area contributed by atoms with E-state index < -0.39 is 0 Å². The van der Waals surface area contributed by atoms with E-state index in [0.717, 1.165) is 48.4 Å². The van der Waals surface area contributed by atoms with E-state index >= 15 is 0 Å². The number of hydrogen-bond donors (Lipinski definition) is 3. The van der Waals surface area contributed by atoms with Gasteiger partial charge in [-0.25, -0.2) is 4.79 Å². The minimum absolute atomic E-state index is 0.103. The molecule has 6 heteroatoms. The normalized spacial score (nSPS) is 14.4. The molecule has 3 N–H and O–H groups in total. The summed E-state index contributed by atoms with van der Waals surface area (Å²) in [6, 6.07) is 11.5. The van der Waals surface area contributed by atoms with E-state index in [1.807, 2.05) is 12.1 Å². The molecule has 0 spiro atoms. The summed E-state index contributed by atoms with van der Waals surface area (Å²) in [6.07, 6.45) is 2.23. The average Bonchev–Trinajstić information content (AvgIpc) is 2.82. The van der Waals surface area contributed by atoms with Crippen LogP contribution in [0.25, 0.3) is 0 Å². The standard InChI is InChI=1S/C30H44N4O2/c1-19(2)18-31-29(35)26-17-23(11-12-27(26)34-15-13-22(7)14-16-34)32-30(36)33-28-24(20(3)4)9-8-10-25(28)21(5)6/h8-12,17,19-22H,13-16,18H2,1-7H3,(H,31,35)(H2,32,33,36). The zero-order valence-electron chi connectivity index (χ0n) is 23.1. The van der Waals surface area contributed by atoms with Gasteiger partial charge in [0.2, 0.25) is 0 Å². The number of rotatable bonds is 8. The van der Waals surface area contributed by atoms with Crippen molar-refractivity contribution in [2.45, 2.75) is 73.1 Å². The number of amides is 3. The molecule has 2 aromatic rings. The van der Waals surface area contributed by atoms with Gasteiger partial charge in [-0.2, -0.15) is 0 Å². The molecule has 0 aromatic heterocycles. The number of nitrogens with zero attached hydrogens (tertiary/aromatic N) is 1. The van der Waals surface area contributed by atoms with E-state index in [1.165, 1.54) is 0 Å². The maximum atomic E-state index is 13.2. The van der Waals surface area contributed by atoms with Gasteiger partial charge in [-0.15, -0.1) is 0 Å². The molecule has 36 heavy (non-hydrogen) atoms. The van der Waals surface area contributed by atoms with Crippen LogP contribution in [-0.2, 0) is 0 Å². The van der Waals surface area contributed by atoms with E-state index in [2.05, 4.69) is 87.5 Å². The molecular formula is C30H44N4O2. The molecule has 1 heterocycles. The van der Waals surface area contributed by atoms with Crippen molar-refractivity contribution in [2.75, 3.05) is 35.2 Å². The monoisotopic (exact) mass is 492 g/mol. The van der Waals surface area contributed by atoms with E-state index in [1.54, 1.807) is 6.07 Å². The first-order chi connectivity index (χ1) is 17.1. The van der Waals surface area contributed by atoms with Crippen LogP contribution in [0.5, 0.6) is 0 Å². The molecule has 0 radical (unpaired) electrons. The summed E-state index contributed by atoms with van der Waals surface area (Å²) in [5.74, 6) is 1.52. The lowest BCUT2D eigenvalue weighted by Crippen LogP contribution is -2.35. The Hall–Kier alpha value is -3.02. The maximum Gasteiger partial charge on any atom is 0.323 e. The first kappa shape index (κ1) is 27.6. The number of benzene rings is 2. The molecule has 0 saturated carbocycles. The summed E-state index contributed by atoms with van der Waals surface area (Å²) in [7, 11) is 0. The van der Waals surface area contributed by atoms with Crippen LogP contribution in [0, 0.1) is 11.8 Å². The van der Waals surface area contributed by atoms with Crippen LogP contribution < -0.4 is 20.9 Å². The predicted octanol–water partition coefficient (Wildman–Crippen LogP) is 7.20. The topological polar surface area (TPSA) is 73.5 Å². The smallest absolute Gasteiger partial charge is 0.323 e. The van der Waals surface area contributed by atoms with Crippen LogP contribution in [0.15, 0.2) is 36.4 Å². The van der Waals surface area contributed by atoms with Crippen molar-refractivity contribution in [3.05, 3.63) is 53.1 Å². The number of nitrogens with one attached hydrogen (secondary N) is 3. The fraction of sp³-hybridized carbons (Fsp3) is 0.533. The van der Waals surface area contributed by atoms with Crippen molar-refractivity contribution in [2.24, 2.45) is 11.8 Å². The van der Waals surface area contributed by atoms with E-state index in [4.69, 9.17) is 0 Å². The molecular weight excluding hydrogens is 448 g/mol. The molecule has 3 amide bonds. The quantitative estimate of drug-likeness (QED) is 0.365. The maximum absolute atomic E-state index is 13.2. The summed E-state index contributed by atoms with van der Waals surface area (Å²) in [4.78, 5) is 28.6. The van der Waals surface area contributed by atoms with Crippen LogP contribution in [0.2, 0.25) is 0 Å². The minimum Gasteiger partial charge on any atom is -0.371 e. The zero-order chi connectivity index (χ0) is 26.4. The minimum atomic E-state index is -0.307. The van der Waals surface area contributed by atoms with Crippen molar-refractivity contribution < 1.29 is 9.59 Å². The van der Waals surface area contributed by atoms with Gasteiger partial charge in [0.25, 0.3) is 5.91 Å². The first-order valence-corrected chi connectivity index (χ1v) is 13.4. The van der Waals surface area contributed by atoms with Crippen LogP contribution in [0.4, 0.5) is 21.9 Å². The van der Waals surface area contributed by atoms with Gasteiger partial charge >= 0.3 is 6.03 Å². The highest BCUT2D eigenvalue weighted by Crippen LogP contribution is 2.33. The number of anilines is 3. The molecule has 2 aromatic carbocycles. The average molecular weight is 493 g/mol. The second-order valence-corrected chi connectivity index (χ2v) is 11.2. The lowest BCUT2D eigenvalue weighted by atomic mass is 9.93. The third-order valence-electron chi connectivity index (χ3n) is 6.91. The van der Waals surface area contributed by atoms with E-state index in [-0.39, 0.29) is 23.8 Å². The molecule has 6 nitrogen and oxygen atoms in total. The van der Waals surface area contributed by atoms with Crippen molar-refractivity contribution in [3.63, 3.8) is 0 Å². The molecule has 1 saturated heterocycles. The fourth-order valence-electron chi connectivity index (χ4n) is 4.68. The third kappa shape index (κ3) is 7.02. The number of carbonyl (C=O) groups excluding carboxylic acids is 2. The largest absolute Gasteiger partial charge is 0.371 e. The molecule has 0 aliphatic carbocycles. The molecule has 3 rings (SSSR count). The molecule has 0 atom stereocenters. The third-order valence-corrected chi connectivity index (χ3v) is 6.91. The summed E-state index contributed by atoms with van der Waals surface area (Å²) in [5, 5.41) is 9.13. The highest BCUT2D eigenvalue weighted by Gasteiger charge is 2.22. The second-order valence-electron chi connectivity index (χ2n) is 11.2. The Morgan fingerprint density at radius 3 is 2.08 bits per heavy atom. The number of urea groups is 1. The first-order valence-electron chi connectivity index (χ1n) is 13.4. The lowest BCUT2D eigenvalue weighted by Gasteiger charge is -2.33. The summed E-state index contributed by atoms with van der Waals surface area (Å²) < 4.78 is 0. The number of piperidine rings is 1. The Bertz CT molecular complexity index is 1030. The summed E-state index contributed by atoms with van der Waals surface area (Å²) >= 11 is 0. The van der Waals surface area contributed by atoms with Crippen molar-refractivity contribution in [1.82, 2.24) is 5.32 Å². The molecule has 196 valence electrons. The fourth-order valence-corrected chi connectivity index (χ4v) is 4.68. The van der Waals surface area contributed by atoms with Crippen LogP contribution in [0.1, 0.15) is 94.6 Å². The van der Waals surface area contributed by atoms with Crippen molar-refractivity contribution >= 4 is 29.0 Å². The Kier molecular flexibility index (Phi) is 9.41. The number of hydrogen-bond acceptors (Lipinski definition) is 3. The van der Waals surface area contributed by atoms with Gasteiger partial charge in [0.05, 0.1) is 5.56 Å². The van der Waals surface area contributed by atoms with Crippen molar-refractivity contribution in [3.8, 4) is 0 Å². The van der Waals surface area contributed by atoms with Gasteiger partial charge in [0.1, 0.15) is 0 Å². The highest BCUT2D eigenvalue weighted by atomic mass is 16.2. The molecule has 1 aliphatic rings. The van der Waals surface area contributed by atoms with Crippen molar-refractivity contribution in [1.29, 1.82) is 0 Å². The van der Waals surface area contributed by atoms with Crippen LogP contribution in [0.3, 0.4) is 0 Å². The molecule has 1 fully saturated rings. The number of carbonyl (C=O) groups is 2. The molecule has 0 bridgehead atoms. The van der Waals surface area contributed by atoms with Crippen LogP contribution in [-0.4, -0.2) is 31.6 Å². The Labute approximate surface area is 217 Å². The Morgan fingerprint density at radius 2 is 1.53 bits per heavy atom. The highest BCUT2D eigenvalue weighted by molar-refractivity contribution is 6.04. The van der Waals surface area contributed by atoms with Gasteiger partial charge < -0.3 is 20.9 Å². The van der Waals surface area contributed by atoms with Gasteiger partial charge in [-0.3, -0.25) is 4.79 Å². The Morgan fingerprint density at radius 1 is 0.917 bits per heavy atom. The molecule has 1 aliphatic heterocycles. The Balaban J connectivity index is 1.86. The van der Waals surface area contributed by atoms with E-state index in [9.17, 15) is 9.59 Å². The summed E-state index contributed by atoms with van der Waals surface area (Å²) in [6.45, 7) is 17.4.